The van der Waals surface area contributed by atoms with E-state index >= 15 is 0 Å². The molecule has 0 spiro atoms. The van der Waals surface area contributed by atoms with Gasteiger partial charge in [-0.05, 0) is 51.8 Å². The van der Waals surface area contributed by atoms with Crippen molar-refractivity contribution in [3.05, 3.63) is 88.4 Å². The Labute approximate surface area is 193 Å². The summed E-state index contributed by atoms with van der Waals surface area (Å²) in [5, 5.41) is 1.04. The predicted octanol–water partition coefficient (Wildman–Crippen LogP) is 6.61. The van der Waals surface area contributed by atoms with Gasteiger partial charge in [-0.25, -0.2) is 12.8 Å². The van der Waals surface area contributed by atoms with Crippen LogP contribution in [0.2, 0.25) is 0 Å². The fourth-order valence-corrected chi connectivity index (χ4v) is 6.89. The van der Waals surface area contributed by atoms with Gasteiger partial charge in [0.1, 0.15) is 15.7 Å². The molecule has 0 amide bonds. The summed E-state index contributed by atoms with van der Waals surface area (Å²) in [4.78, 5) is 3.72. The molecule has 0 radical (unpaired) electrons. The number of rotatable bonds is 5. The number of anilines is 1. The molecule has 11 heteroatoms. The number of alkyl halides is 3. The van der Waals surface area contributed by atoms with E-state index in [2.05, 4.69) is 20.9 Å². The number of benzene rings is 2. The van der Waals surface area contributed by atoms with Gasteiger partial charge in [0.15, 0.2) is 0 Å². The van der Waals surface area contributed by atoms with Crippen LogP contribution < -0.4 is 4.31 Å². The molecule has 32 heavy (non-hydrogen) atoms. The largest absolute Gasteiger partial charge is 0.419 e. The van der Waals surface area contributed by atoms with Crippen LogP contribution >= 0.6 is 27.3 Å². The summed E-state index contributed by atoms with van der Waals surface area (Å²) in [6.07, 6.45) is -2.34. The molecule has 2 aromatic heterocycles. The molecule has 2 aromatic carbocycles. The molecule has 0 aliphatic heterocycles. The van der Waals surface area contributed by atoms with Crippen molar-refractivity contribution in [3.8, 4) is 0 Å². The highest BCUT2D eigenvalue weighted by Gasteiger charge is 2.35. The lowest BCUT2D eigenvalue weighted by Gasteiger charge is -2.24. The predicted molar refractivity (Wildman–Crippen MR) is 119 cm³/mol. The molecule has 0 unspecified atom stereocenters. The SMILES string of the molecule is O=S(=O)(c1cccnc1)N(Cc1ccc(F)c(C(F)(F)F)c1)c1sc2ccccc2c1Br. The molecule has 2 heterocycles. The summed E-state index contributed by atoms with van der Waals surface area (Å²) in [7, 11) is -4.20. The lowest BCUT2D eigenvalue weighted by atomic mass is 10.1. The van der Waals surface area contributed by atoms with Crippen LogP contribution in [-0.4, -0.2) is 13.4 Å². The Morgan fingerprint density at radius 1 is 1.06 bits per heavy atom. The van der Waals surface area contributed by atoms with Gasteiger partial charge >= 0.3 is 6.18 Å². The summed E-state index contributed by atoms with van der Waals surface area (Å²) in [6.45, 7) is -0.438. The Hall–Kier alpha value is -2.50. The molecule has 0 bridgehead atoms. The maximum atomic E-state index is 13.8. The highest BCUT2D eigenvalue weighted by molar-refractivity contribution is 9.10. The summed E-state index contributed by atoms with van der Waals surface area (Å²) < 4.78 is 82.6. The number of fused-ring (bicyclic) bond motifs is 1. The third kappa shape index (κ3) is 4.24. The first-order valence-corrected chi connectivity index (χ1v) is 12.1. The van der Waals surface area contributed by atoms with Crippen LogP contribution in [-0.2, 0) is 22.7 Å². The number of nitrogens with zero attached hydrogens (tertiary/aromatic N) is 2. The molecule has 0 saturated heterocycles. The Kier molecular flexibility index (Phi) is 5.99. The molecule has 166 valence electrons. The zero-order chi connectivity index (χ0) is 23.1. The summed E-state index contributed by atoms with van der Waals surface area (Å²) >= 11 is 4.61. The third-order valence-electron chi connectivity index (χ3n) is 4.63. The van der Waals surface area contributed by atoms with Gasteiger partial charge in [-0.1, -0.05) is 24.3 Å². The minimum atomic E-state index is -4.91. The molecule has 0 fully saturated rings. The molecule has 4 aromatic rings. The monoisotopic (exact) mass is 544 g/mol. The summed E-state index contributed by atoms with van der Waals surface area (Å²) in [6, 6.07) is 12.4. The first-order valence-electron chi connectivity index (χ1n) is 9.04. The van der Waals surface area contributed by atoms with Crippen LogP contribution in [0, 0.1) is 5.82 Å². The molecule has 0 N–H and O–H groups in total. The van der Waals surface area contributed by atoms with Gasteiger partial charge in [-0.15, -0.1) is 11.3 Å². The van der Waals surface area contributed by atoms with Gasteiger partial charge < -0.3 is 0 Å². The average molecular weight is 545 g/mol. The van der Waals surface area contributed by atoms with Crippen molar-refractivity contribution in [2.24, 2.45) is 0 Å². The number of thiophene rings is 1. The van der Waals surface area contributed by atoms with Crippen molar-refractivity contribution in [2.45, 2.75) is 17.6 Å². The average Bonchev–Trinajstić information content (AvgIpc) is 3.09. The van der Waals surface area contributed by atoms with Crippen LogP contribution in [0.4, 0.5) is 22.6 Å². The smallest absolute Gasteiger partial charge is 0.263 e. The number of aromatic nitrogens is 1. The van der Waals surface area contributed by atoms with Crippen molar-refractivity contribution in [1.82, 2.24) is 4.98 Å². The highest BCUT2D eigenvalue weighted by atomic mass is 79.9. The molecule has 4 rings (SSSR count). The second-order valence-corrected chi connectivity index (χ2v) is 10.4. The van der Waals surface area contributed by atoms with Crippen LogP contribution in [0.5, 0.6) is 0 Å². The van der Waals surface area contributed by atoms with E-state index < -0.39 is 34.1 Å². The zero-order valence-corrected chi connectivity index (χ0v) is 19.2. The Bertz CT molecular complexity index is 1390. The number of halogens is 5. The van der Waals surface area contributed by atoms with Gasteiger partial charge in [0, 0.05) is 22.5 Å². The number of sulfonamides is 1. The molecular formula is C21H13BrF4N2O2S2. The van der Waals surface area contributed by atoms with Crippen LogP contribution in [0.25, 0.3) is 10.1 Å². The quantitative estimate of drug-likeness (QED) is 0.265. The highest BCUT2D eigenvalue weighted by Crippen LogP contribution is 2.44. The lowest BCUT2D eigenvalue weighted by Crippen LogP contribution is -2.30. The van der Waals surface area contributed by atoms with Crippen molar-refractivity contribution < 1.29 is 26.0 Å². The van der Waals surface area contributed by atoms with E-state index in [-0.39, 0.29) is 15.5 Å². The van der Waals surface area contributed by atoms with Crippen molar-refractivity contribution in [3.63, 3.8) is 0 Å². The Morgan fingerprint density at radius 3 is 2.47 bits per heavy atom. The second kappa shape index (κ2) is 8.45. The topological polar surface area (TPSA) is 50.3 Å². The van der Waals surface area contributed by atoms with Crippen LogP contribution in [0.15, 0.2) is 76.4 Å². The first kappa shape index (κ1) is 22.7. The van der Waals surface area contributed by atoms with E-state index in [1.54, 1.807) is 18.2 Å². The van der Waals surface area contributed by atoms with E-state index in [0.29, 0.717) is 16.6 Å². The molecule has 0 aliphatic rings. The molecule has 4 nitrogen and oxygen atoms in total. The molecular weight excluding hydrogens is 532 g/mol. The summed E-state index contributed by atoms with van der Waals surface area (Å²) in [5.74, 6) is -1.43. The molecule has 0 aliphatic carbocycles. The van der Waals surface area contributed by atoms with Gasteiger partial charge in [0.2, 0.25) is 0 Å². The van der Waals surface area contributed by atoms with Crippen molar-refractivity contribution in [2.75, 3.05) is 4.31 Å². The lowest BCUT2D eigenvalue weighted by molar-refractivity contribution is -0.140. The van der Waals surface area contributed by atoms with E-state index in [1.807, 2.05) is 6.07 Å². The van der Waals surface area contributed by atoms with E-state index in [0.717, 1.165) is 26.7 Å². The standard InChI is InChI=1S/C21H13BrF4N2O2S2/c22-19-15-5-1-2-6-18(15)31-20(19)28(32(29,30)14-4-3-9-27-11-14)12-13-7-8-17(23)16(10-13)21(24,25)26/h1-11H,12H2. The van der Waals surface area contributed by atoms with Crippen molar-refractivity contribution >= 4 is 52.4 Å². The van der Waals surface area contributed by atoms with Crippen molar-refractivity contribution in [1.29, 1.82) is 0 Å². The Balaban J connectivity index is 1.88. The van der Waals surface area contributed by atoms with E-state index in [4.69, 9.17) is 0 Å². The van der Waals surface area contributed by atoms with Gasteiger partial charge in [-0.3, -0.25) is 9.29 Å². The number of hydrogen-bond donors (Lipinski definition) is 0. The third-order valence-corrected chi connectivity index (χ3v) is 8.73. The fraction of sp³-hybridized carbons (Fsp3) is 0.0952. The van der Waals surface area contributed by atoms with Crippen LogP contribution in [0.3, 0.4) is 0 Å². The minimum Gasteiger partial charge on any atom is -0.263 e. The van der Waals surface area contributed by atoms with Crippen LogP contribution in [0.1, 0.15) is 11.1 Å². The first-order chi connectivity index (χ1) is 15.1. The summed E-state index contributed by atoms with van der Waals surface area (Å²) in [5.41, 5.74) is -1.47. The van der Waals surface area contributed by atoms with Gasteiger partial charge in [0.25, 0.3) is 10.0 Å². The zero-order valence-electron chi connectivity index (χ0n) is 16.0. The molecule has 0 saturated carbocycles. The number of pyridine rings is 1. The maximum absolute atomic E-state index is 13.8. The van der Waals surface area contributed by atoms with E-state index in [1.165, 1.54) is 29.7 Å². The minimum absolute atomic E-state index is 0.0180. The van der Waals surface area contributed by atoms with Gasteiger partial charge in [0.05, 0.1) is 16.6 Å². The van der Waals surface area contributed by atoms with Gasteiger partial charge in [-0.2, -0.15) is 13.2 Å². The normalized spacial score (nSPS) is 12.3. The Morgan fingerprint density at radius 2 is 1.81 bits per heavy atom. The fourth-order valence-electron chi connectivity index (χ4n) is 3.11. The number of hydrogen-bond acceptors (Lipinski definition) is 4. The van der Waals surface area contributed by atoms with E-state index in [9.17, 15) is 26.0 Å². The second-order valence-electron chi connectivity index (χ2n) is 6.73. The molecule has 0 atom stereocenters. The maximum Gasteiger partial charge on any atom is 0.419 e.